The number of methoxy groups -OCH3 is 3. The molecule has 34 heavy (non-hydrogen) atoms. The van der Waals surface area contributed by atoms with Gasteiger partial charge in [-0.3, -0.25) is 9.97 Å². The SMILES string of the molecule is COc1cnc([C@@H](OCC[C@H]([C@@H](OC)c2cnc(OC)cn2)S(N)(=O)=O)[C@H](C)S(N)(=O)=O)cn1. The molecule has 0 aromatic carbocycles. The molecule has 2 aromatic rings. The van der Waals surface area contributed by atoms with E-state index in [-0.39, 0.29) is 36.2 Å². The van der Waals surface area contributed by atoms with Gasteiger partial charge in [-0.25, -0.2) is 37.1 Å². The average molecular weight is 521 g/mol. The Morgan fingerprint density at radius 3 is 1.65 bits per heavy atom. The Morgan fingerprint density at radius 1 is 0.794 bits per heavy atom. The summed E-state index contributed by atoms with van der Waals surface area (Å²) in [7, 11) is -4.08. The van der Waals surface area contributed by atoms with Gasteiger partial charge in [0.05, 0.1) is 50.4 Å². The van der Waals surface area contributed by atoms with Crippen LogP contribution in [-0.2, 0) is 29.5 Å². The number of hydrogen-bond acceptors (Lipinski definition) is 12. The minimum Gasteiger partial charge on any atom is -0.480 e. The molecule has 0 aliphatic heterocycles. The van der Waals surface area contributed by atoms with Crippen LogP contribution in [0.2, 0.25) is 0 Å². The van der Waals surface area contributed by atoms with Crippen LogP contribution in [0.4, 0.5) is 0 Å². The predicted molar refractivity (Wildman–Crippen MR) is 120 cm³/mol. The lowest BCUT2D eigenvalue weighted by molar-refractivity contribution is 0.0331. The molecule has 4 N–H and O–H groups in total. The van der Waals surface area contributed by atoms with E-state index in [0.717, 1.165) is 0 Å². The first-order valence-corrected chi connectivity index (χ1v) is 13.0. The Morgan fingerprint density at radius 2 is 1.29 bits per heavy atom. The van der Waals surface area contributed by atoms with E-state index < -0.39 is 42.8 Å². The smallest absolute Gasteiger partial charge is 0.231 e. The highest BCUT2D eigenvalue weighted by atomic mass is 32.2. The van der Waals surface area contributed by atoms with Crippen molar-refractivity contribution in [2.45, 2.75) is 36.1 Å². The molecule has 2 rings (SSSR count). The van der Waals surface area contributed by atoms with E-state index in [9.17, 15) is 16.8 Å². The lowest BCUT2D eigenvalue weighted by atomic mass is 10.1. The zero-order valence-electron chi connectivity index (χ0n) is 19.1. The molecule has 0 aliphatic rings. The topological polar surface area (TPSA) is 209 Å². The number of primary sulfonamides is 2. The van der Waals surface area contributed by atoms with Crippen LogP contribution in [-0.4, -0.2) is 75.2 Å². The molecule has 0 aliphatic carbocycles. The first kappa shape index (κ1) is 27.7. The number of hydrogen-bond donors (Lipinski definition) is 2. The molecule has 2 aromatic heterocycles. The first-order valence-electron chi connectivity index (χ1n) is 9.81. The van der Waals surface area contributed by atoms with Crippen LogP contribution in [0.1, 0.15) is 36.9 Å². The molecule has 0 amide bonds. The molecule has 0 unspecified atom stereocenters. The molecule has 2 heterocycles. The second-order valence-corrected chi connectivity index (χ2v) is 10.8. The zero-order valence-corrected chi connectivity index (χ0v) is 20.7. The lowest BCUT2D eigenvalue weighted by Gasteiger charge is -2.26. The number of nitrogens with zero attached hydrogens (tertiary/aromatic N) is 4. The number of sulfonamides is 2. The monoisotopic (exact) mass is 520 g/mol. The van der Waals surface area contributed by atoms with E-state index in [1.807, 2.05) is 0 Å². The van der Waals surface area contributed by atoms with Gasteiger partial charge in [-0.1, -0.05) is 0 Å². The fraction of sp³-hybridized carbons (Fsp3) is 0.556. The van der Waals surface area contributed by atoms with Crippen LogP contribution >= 0.6 is 0 Å². The maximum absolute atomic E-state index is 12.4. The van der Waals surface area contributed by atoms with Crippen molar-refractivity contribution in [1.82, 2.24) is 19.9 Å². The van der Waals surface area contributed by atoms with Crippen molar-refractivity contribution in [1.29, 1.82) is 0 Å². The van der Waals surface area contributed by atoms with E-state index in [1.54, 1.807) is 0 Å². The van der Waals surface area contributed by atoms with Gasteiger partial charge in [-0.05, 0) is 13.3 Å². The van der Waals surface area contributed by atoms with Crippen LogP contribution in [0.5, 0.6) is 11.8 Å². The van der Waals surface area contributed by atoms with Crippen molar-refractivity contribution >= 4 is 20.0 Å². The molecule has 16 heteroatoms. The summed E-state index contributed by atoms with van der Waals surface area (Å²) in [6, 6.07) is 0. The van der Waals surface area contributed by atoms with Crippen LogP contribution in [0.25, 0.3) is 0 Å². The highest BCUT2D eigenvalue weighted by molar-refractivity contribution is 7.90. The molecule has 0 saturated carbocycles. The molecule has 0 saturated heterocycles. The molecule has 0 spiro atoms. The van der Waals surface area contributed by atoms with E-state index in [0.29, 0.717) is 0 Å². The first-order chi connectivity index (χ1) is 15.9. The molecule has 14 nitrogen and oxygen atoms in total. The molecule has 0 fully saturated rings. The Kier molecular flexibility index (Phi) is 9.60. The third-order valence-electron chi connectivity index (χ3n) is 4.96. The number of ether oxygens (including phenoxy) is 4. The summed E-state index contributed by atoms with van der Waals surface area (Å²) in [5, 5.41) is 8.25. The summed E-state index contributed by atoms with van der Waals surface area (Å²) in [5.74, 6) is 0.443. The van der Waals surface area contributed by atoms with E-state index in [4.69, 9.17) is 29.2 Å². The Labute approximate surface area is 198 Å². The van der Waals surface area contributed by atoms with Crippen molar-refractivity contribution in [3.63, 3.8) is 0 Å². The van der Waals surface area contributed by atoms with Gasteiger partial charge in [0.1, 0.15) is 22.7 Å². The summed E-state index contributed by atoms with van der Waals surface area (Å²) in [6.07, 6.45) is 2.81. The van der Waals surface area contributed by atoms with Crippen molar-refractivity contribution in [3.8, 4) is 11.8 Å². The van der Waals surface area contributed by atoms with Gasteiger partial charge in [0.15, 0.2) is 0 Å². The van der Waals surface area contributed by atoms with Gasteiger partial charge in [0.2, 0.25) is 31.8 Å². The van der Waals surface area contributed by atoms with Crippen LogP contribution in [0, 0.1) is 0 Å². The van der Waals surface area contributed by atoms with Gasteiger partial charge in [0.25, 0.3) is 0 Å². The van der Waals surface area contributed by atoms with E-state index in [2.05, 4.69) is 19.9 Å². The second-order valence-electron chi connectivity index (χ2n) is 7.13. The molecule has 0 bridgehead atoms. The molecular weight excluding hydrogens is 492 g/mol. The Bertz CT molecular complexity index is 1130. The second kappa shape index (κ2) is 11.8. The van der Waals surface area contributed by atoms with Crippen molar-refractivity contribution in [2.24, 2.45) is 10.3 Å². The van der Waals surface area contributed by atoms with Gasteiger partial charge in [-0.15, -0.1) is 0 Å². The fourth-order valence-corrected chi connectivity index (χ4v) is 4.64. The molecule has 0 radical (unpaired) electrons. The molecule has 190 valence electrons. The van der Waals surface area contributed by atoms with E-state index >= 15 is 0 Å². The Hall–Kier alpha value is -2.50. The third kappa shape index (κ3) is 7.25. The lowest BCUT2D eigenvalue weighted by Crippen LogP contribution is -2.37. The average Bonchev–Trinajstić information content (AvgIpc) is 2.80. The van der Waals surface area contributed by atoms with Gasteiger partial charge in [-0.2, -0.15) is 0 Å². The maximum Gasteiger partial charge on any atom is 0.231 e. The van der Waals surface area contributed by atoms with Crippen molar-refractivity contribution in [2.75, 3.05) is 27.9 Å². The summed E-state index contributed by atoms with van der Waals surface area (Å²) in [6.45, 7) is 1.11. The predicted octanol–water partition coefficient (Wildman–Crippen LogP) is -0.547. The minimum atomic E-state index is -4.15. The Balaban J connectivity index is 2.27. The normalized spacial score (nSPS) is 15.8. The van der Waals surface area contributed by atoms with Gasteiger partial charge < -0.3 is 18.9 Å². The highest BCUT2D eigenvalue weighted by Gasteiger charge is 2.35. The van der Waals surface area contributed by atoms with Crippen LogP contribution in [0.15, 0.2) is 24.8 Å². The number of rotatable bonds is 13. The largest absolute Gasteiger partial charge is 0.480 e. The molecular formula is C18H28N6O8S2. The van der Waals surface area contributed by atoms with E-state index in [1.165, 1.54) is 53.0 Å². The summed E-state index contributed by atoms with van der Waals surface area (Å²) in [4.78, 5) is 16.2. The maximum atomic E-state index is 12.4. The van der Waals surface area contributed by atoms with Crippen molar-refractivity contribution in [3.05, 3.63) is 36.2 Å². The zero-order chi connectivity index (χ0) is 25.5. The quantitative estimate of drug-likeness (QED) is 0.341. The van der Waals surface area contributed by atoms with Gasteiger partial charge >= 0.3 is 0 Å². The fourth-order valence-electron chi connectivity index (χ4n) is 3.05. The van der Waals surface area contributed by atoms with Gasteiger partial charge in [0, 0.05) is 13.7 Å². The molecule has 4 atom stereocenters. The minimum absolute atomic E-state index is 0.164. The third-order valence-corrected chi connectivity index (χ3v) is 7.57. The summed E-state index contributed by atoms with van der Waals surface area (Å²) in [5.41, 5.74) is 0.372. The summed E-state index contributed by atoms with van der Waals surface area (Å²) >= 11 is 0. The summed E-state index contributed by atoms with van der Waals surface area (Å²) < 4.78 is 69.7. The number of aromatic nitrogens is 4. The standard InChI is InChI=1S/C18H28N6O8S2/c1-11(33(19,25)26)17(12-7-23-15(29-2)9-21-12)32-6-5-14(34(20,27)28)18(31-4)13-8-24-16(30-3)10-22-13/h7-11,14,17-18H,5-6H2,1-4H3,(H2,19,25,26)(H2,20,27,28)/t11-,14+,17-,18-/m0/s1. The number of nitrogens with two attached hydrogens (primary N) is 2. The van der Waals surface area contributed by atoms with Crippen molar-refractivity contribution < 1.29 is 35.8 Å². The van der Waals surface area contributed by atoms with Crippen LogP contribution < -0.4 is 19.8 Å². The van der Waals surface area contributed by atoms with Crippen LogP contribution in [0.3, 0.4) is 0 Å². The highest BCUT2D eigenvalue weighted by Crippen LogP contribution is 2.28.